The normalized spacial score (nSPS) is 10.1. The molecular weight excluding hydrogens is 292 g/mol. The Balaban J connectivity index is 1.73. The summed E-state index contributed by atoms with van der Waals surface area (Å²) in [5.74, 6) is 0.573. The zero-order valence-electron chi connectivity index (χ0n) is 11.3. The van der Waals surface area contributed by atoms with E-state index in [9.17, 15) is 4.79 Å². The summed E-state index contributed by atoms with van der Waals surface area (Å²) < 4.78 is 11.0. The predicted octanol–water partition coefficient (Wildman–Crippen LogP) is 3.42. The first-order valence-electron chi connectivity index (χ1n) is 6.45. The van der Waals surface area contributed by atoms with E-state index in [1.54, 1.807) is 48.5 Å². The standard InChI is InChI=1S/C16H15ClO4/c17-13-3-7-15(8-4-13)21-10-9-20-14-5-1-12(2-6-14)11-16(18)19/h1-8H,9-11H2,(H,18,19). The summed E-state index contributed by atoms with van der Waals surface area (Å²) in [5, 5.41) is 9.35. The summed E-state index contributed by atoms with van der Waals surface area (Å²) in [6.07, 6.45) is 0.0138. The van der Waals surface area contributed by atoms with Crippen LogP contribution in [0.5, 0.6) is 11.5 Å². The zero-order chi connectivity index (χ0) is 15.1. The van der Waals surface area contributed by atoms with Crippen molar-refractivity contribution in [1.29, 1.82) is 0 Å². The lowest BCUT2D eigenvalue weighted by Crippen LogP contribution is -2.09. The van der Waals surface area contributed by atoms with E-state index in [0.29, 0.717) is 24.0 Å². The SMILES string of the molecule is O=C(O)Cc1ccc(OCCOc2ccc(Cl)cc2)cc1. The Morgan fingerprint density at radius 1 is 0.905 bits per heavy atom. The predicted molar refractivity (Wildman–Crippen MR) is 80.2 cm³/mol. The molecule has 110 valence electrons. The highest BCUT2D eigenvalue weighted by molar-refractivity contribution is 6.30. The minimum absolute atomic E-state index is 0.0138. The Labute approximate surface area is 127 Å². The molecule has 0 bridgehead atoms. The Bertz CT molecular complexity index is 578. The summed E-state index contributed by atoms with van der Waals surface area (Å²) >= 11 is 5.78. The Morgan fingerprint density at radius 3 is 1.86 bits per heavy atom. The number of hydrogen-bond donors (Lipinski definition) is 1. The van der Waals surface area contributed by atoms with Crippen molar-refractivity contribution in [3.63, 3.8) is 0 Å². The lowest BCUT2D eigenvalue weighted by Gasteiger charge is -2.08. The van der Waals surface area contributed by atoms with Crippen molar-refractivity contribution in [2.75, 3.05) is 13.2 Å². The molecule has 0 saturated carbocycles. The van der Waals surface area contributed by atoms with Gasteiger partial charge in [-0.05, 0) is 42.0 Å². The molecule has 0 unspecified atom stereocenters. The fraction of sp³-hybridized carbons (Fsp3) is 0.188. The van der Waals surface area contributed by atoms with Gasteiger partial charge in [0.2, 0.25) is 0 Å². The van der Waals surface area contributed by atoms with Crippen LogP contribution in [0.2, 0.25) is 5.02 Å². The van der Waals surface area contributed by atoms with Crippen molar-refractivity contribution in [2.45, 2.75) is 6.42 Å². The summed E-state index contributed by atoms with van der Waals surface area (Å²) in [6, 6.07) is 14.1. The quantitative estimate of drug-likeness (QED) is 0.796. The van der Waals surface area contributed by atoms with Crippen LogP contribution in [0, 0.1) is 0 Å². The first-order chi connectivity index (χ1) is 10.1. The van der Waals surface area contributed by atoms with E-state index >= 15 is 0 Å². The van der Waals surface area contributed by atoms with Gasteiger partial charge in [-0.3, -0.25) is 4.79 Å². The molecule has 0 spiro atoms. The number of carboxylic acids is 1. The Hall–Kier alpha value is -2.20. The number of aliphatic carboxylic acids is 1. The van der Waals surface area contributed by atoms with Crippen LogP contribution in [0.25, 0.3) is 0 Å². The molecule has 4 nitrogen and oxygen atoms in total. The molecule has 2 aromatic carbocycles. The van der Waals surface area contributed by atoms with E-state index in [-0.39, 0.29) is 6.42 Å². The maximum absolute atomic E-state index is 10.6. The lowest BCUT2D eigenvalue weighted by atomic mass is 10.1. The summed E-state index contributed by atoms with van der Waals surface area (Å²) in [5.41, 5.74) is 0.743. The van der Waals surface area contributed by atoms with Gasteiger partial charge >= 0.3 is 5.97 Å². The molecule has 0 radical (unpaired) electrons. The second-order valence-corrected chi connectivity index (χ2v) is 4.80. The fourth-order valence-electron chi connectivity index (χ4n) is 1.73. The second kappa shape index (κ2) is 7.55. The van der Waals surface area contributed by atoms with Crippen molar-refractivity contribution in [3.05, 3.63) is 59.1 Å². The molecule has 0 aromatic heterocycles. The number of carboxylic acid groups (broad SMARTS) is 1. The largest absolute Gasteiger partial charge is 0.490 e. The summed E-state index contributed by atoms with van der Waals surface area (Å²) in [4.78, 5) is 10.6. The van der Waals surface area contributed by atoms with Crippen molar-refractivity contribution in [2.24, 2.45) is 0 Å². The molecule has 0 saturated heterocycles. The van der Waals surface area contributed by atoms with Gasteiger partial charge in [0.15, 0.2) is 0 Å². The molecule has 2 aromatic rings. The van der Waals surface area contributed by atoms with Crippen molar-refractivity contribution < 1.29 is 19.4 Å². The van der Waals surface area contributed by atoms with E-state index in [0.717, 1.165) is 11.3 Å². The average molecular weight is 307 g/mol. The summed E-state index contributed by atoms with van der Waals surface area (Å²) in [7, 11) is 0. The van der Waals surface area contributed by atoms with Crippen molar-refractivity contribution >= 4 is 17.6 Å². The van der Waals surface area contributed by atoms with E-state index in [1.807, 2.05) is 0 Å². The molecule has 0 amide bonds. The lowest BCUT2D eigenvalue weighted by molar-refractivity contribution is -0.136. The third-order valence-electron chi connectivity index (χ3n) is 2.71. The van der Waals surface area contributed by atoms with Gasteiger partial charge in [0.25, 0.3) is 0 Å². The van der Waals surface area contributed by atoms with E-state index in [2.05, 4.69) is 0 Å². The van der Waals surface area contributed by atoms with Crippen LogP contribution in [0.15, 0.2) is 48.5 Å². The van der Waals surface area contributed by atoms with Crippen LogP contribution in [0.4, 0.5) is 0 Å². The minimum Gasteiger partial charge on any atom is -0.490 e. The molecule has 1 N–H and O–H groups in total. The van der Waals surface area contributed by atoms with Crippen LogP contribution < -0.4 is 9.47 Å². The fourth-order valence-corrected chi connectivity index (χ4v) is 1.85. The van der Waals surface area contributed by atoms with Crippen LogP contribution in [-0.4, -0.2) is 24.3 Å². The summed E-state index contributed by atoms with van der Waals surface area (Å²) in [6.45, 7) is 0.819. The topological polar surface area (TPSA) is 55.8 Å². The van der Waals surface area contributed by atoms with Gasteiger partial charge in [-0.15, -0.1) is 0 Å². The van der Waals surface area contributed by atoms with Crippen LogP contribution in [-0.2, 0) is 11.2 Å². The number of hydrogen-bond acceptors (Lipinski definition) is 3. The third-order valence-corrected chi connectivity index (χ3v) is 2.97. The number of rotatable bonds is 7. The van der Waals surface area contributed by atoms with Gasteiger partial charge in [0.05, 0.1) is 6.42 Å². The van der Waals surface area contributed by atoms with Crippen LogP contribution >= 0.6 is 11.6 Å². The molecule has 0 aliphatic rings. The van der Waals surface area contributed by atoms with Gasteiger partial charge in [-0.1, -0.05) is 23.7 Å². The molecule has 21 heavy (non-hydrogen) atoms. The molecule has 0 heterocycles. The minimum atomic E-state index is -0.847. The molecular formula is C16H15ClO4. The highest BCUT2D eigenvalue weighted by atomic mass is 35.5. The average Bonchev–Trinajstić information content (AvgIpc) is 2.46. The van der Waals surface area contributed by atoms with Crippen molar-refractivity contribution in [3.8, 4) is 11.5 Å². The zero-order valence-corrected chi connectivity index (χ0v) is 12.0. The van der Waals surface area contributed by atoms with Gasteiger partial charge in [0, 0.05) is 5.02 Å². The molecule has 5 heteroatoms. The van der Waals surface area contributed by atoms with E-state index in [4.69, 9.17) is 26.2 Å². The number of benzene rings is 2. The molecule has 0 aliphatic carbocycles. The van der Waals surface area contributed by atoms with Crippen molar-refractivity contribution in [1.82, 2.24) is 0 Å². The van der Waals surface area contributed by atoms with Crippen LogP contribution in [0.1, 0.15) is 5.56 Å². The number of ether oxygens (including phenoxy) is 2. The number of carbonyl (C=O) groups is 1. The molecule has 0 atom stereocenters. The first-order valence-corrected chi connectivity index (χ1v) is 6.83. The first kappa shape index (κ1) is 15.2. The van der Waals surface area contributed by atoms with E-state index in [1.165, 1.54) is 0 Å². The molecule has 0 aliphatic heterocycles. The maximum Gasteiger partial charge on any atom is 0.307 e. The Morgan fingerprint density at radius 2 is 1.38 bits per heavy atom. The van der Waals surface area contributed by atoms with E-state index < -0.39 is 5.97 Å². The maximum atomic E-state index is 10.6. The van der Waals surface area contributed by atoms with Gasteiger partial charge in [-0.2, -0.15) is 0 Å². The third kappa shape index (κ3) is 5.36. The Kier molecular flexibility index (Phi) is 5.46. The highest BCUT2D eigenvalue weighted by Gasteiger charge is 2.01. The second-order valence-electron chi connectivity index (χ2n) is 4.37. The molecule has 0 fully saturated rings. The highest BCUT2D eigenvalue weighted by Crippen LogP contribution is 2.16. The number of halogens is 1. The van der Waals surface area contributed by atoms with Gasteiger partial charge in [-0.25, -0.2) is 0 Å². The molecule has 2 rings (SSSR count). The smallest absolute Gasteiger partial charge is 0.307 e. The van der Waals surface area contributed by atoms with Crippen LogP contribution in [0.3, 0.4) is 0 Å². The van der Waals surface area contributed by atoms with Gasteiger partial charge < -0.3 is 14.6 Å². The monoisotopic (exact) mass is 306 g/mol. The van der Waals surface area contributed by atoms with Gasteiger partial charge in [0.1, 0.15) is 24.7 Å².